The van der Waals surface area contributed by atoms with E-state index in [9.17, 15) is 14.7 Å². The van der Waals surface area contributed by atoms with Gasteiger partial charge in [0, 0.05) is 61.2 Å². The van der Waals surface area contributed by atoms with Gasteiger partial charge in [0.25, 0.3) is 5.91 Å². The van der Waals surface area contributed by atoms with Crippen molar-refractivity contribution in [2.45, 2.75) is 56.4 Å². The Hall–Kier alpha value is -3.61. The van der Waals surface area contributed by atoms with Crippen LogP contribution in [-0.2, 0) is 16.0 Å². The van der Waals surface area contributed by atoms with E-state index < -0.39 is 11.8 Å². The van der Waals surface area contributed by atoms with E-state index in [0.29, 0.717) is 54.5 Å². The second-order valence-corrected chi connectivity index (χ2v) is 14.7. The Balaban J connectivity index is 1.04. The third-order valence-electron chi connectivity index (χ3n) is 11.0. The van der Waals surface area contributed by atoms with E-state index in [-0.39, 0.29) is 58.0 Å². The van der Waals surface area contributed by atoms with Crippen LogP contribution in [0.25, 0.3) is 11.1 Å². The van der Waals surface area contributed by atoms with Crippen molar-refractivity contribution in [2.24, 2.45) is 0 Å². The predicted octanol–water partition coefficient (Wildman–Crippen LogP) is 6.16. The highest BCUT2D eigenvalue weighted by atomic mass is 35.5. The highest BCUT2D eigenvalue weighted by molar-refractivity contribution is 6.40. The molecule has 0 saturated carbocycles. The highest BCUT2D eigenvalue weighted by Gasteiger charge is 2.41. The van der Waals surface area contributed by atoms with Crippen LogP contribution < -0.4 is 14.5 Å². The number of nitrogens with zero attached hydrogens (tertiary/aromatic N) is 4. The fourth-order valence-electron chi connectivity index (χ4n) is 8.59. The van der Waals surface area contributed by atoms with E-state index in [1.54, 1.807) is 25.3 Å². The number of carbonyl (C=O) groups excluding carboxylic acids is 1. The Morgan fingerprint density at radius 1 is 0.960 bits per heavy atom. The lowest BCUT2D eigenvalue weighted by atomic mass is 9.90. The summed E-state index contributed by atoms with van der Waals surface area (Å²) in [4.78, 5) is 34.6. The van der Waals surface area contributed by atoms with Crippen LogP contribution in [0, 0.1) is 5.82 Å². The van der Waals surface area contributed by atoms with Gasteiger partial charge in [-0.15, -0.1) is 0 Å². The van der Waals surface area contributed by atoms with E-state index in [0.717, 1.165) is 57.1 Å². The van der Waals surface area contributed by atoms with Gasteiger partial charge in [-0.05, 0) is 49.9 Å². The van der Waals surface area contributed by atoms with Crippen molar-refractivity contribution in [2.75, 3.05) is 63.1 Å². The molecule has 10 nitrogen and oxygen atoms in total. The first-order valence-electron chi connectivity index (χ1n) is 17.2. The molecule has 5 saturated heterocycles. The number of morpholine rings is 1. The average Bonchev–Trinajstić information content (AvgIpc) is 3.36. The first-order valence-corrected chi connectivity index (χ1v) is 17.9. The summed E-state index contributed by atoms with van der Waals surface area (Å²) in [5, 5.41) is 10.6. The van der Waals surface area contributed by atoms with E-state index in [4.69, 9.17) is 37.4 Å². The topological polar surface area (TPSA) is 95.0 Å². The van der Waals surface area contributed by atoms with Crippen molar-refractivity contribution in [3.8, 4) is 16.9 Å². The molecule has 13 heteroatoms. The zero-order valence-electron chi connectivity index (χ0n) is 27.7. The molecule has 0 radical (unpaired) electrons. The van der Waals surface area contributed by atoms with Gasteiger partial charge in [0.05, 0.1) is 65.3 Å². The van der Waals surface area contributed by atoms with E-state index in [1.165, 1.54) is 4.90 Å². The molecular formula is C37H39Cl2FN4O6. The van der Waals surface area contributed by atoms with E-state index >= 15 is 4.39 Å². The van der Waals surface area contributed by atoms with Gasteiger partial charge in [0.1, 0.15) is 11.6 Å². The summed E-state index contributed by atoms with van der Waals surface area (Å²) in [6.07, 6.45) is 3.99. The standard InChI is InChI=1S/C37H39Cl2FN4O6/c1-48-10-9-41-16-23-6-5-22(41)17-43(23)26-11-30(38)34(31(39)12-26)36(45)42-15-21-3-2-4-27(35(21)50-20-42)28-14-33(29(37(46)47)13-32(28)40)44-24-7-8-25(44)19-49-18-24/h2-4,11-14,22-25H,5-10,15-20H2,1H3,(H,46,47)/t22-,23?,24?,25?/m0/s1. The summed E-state index contributed by atoms with van der Waals surface area (Å²) < 4.78 is 33.0. The molecule has 3 aromatic carbocycles. The Bertz CT molecular complexity index is 1810. The minimum Gasteiger partial charge on any atom is -0.478 e. The maximum Gasteiger partial charge on any atom is 0.337 e. The van der Waals surface area contributed by atoms with Crippen LogP contribution in [0.5, 0.6) is 5.75 Å². The average molecular weight is 726 g/mol. The maximum atomic E-state index is 15.8. The molecule has 5 fully saturated rings. The number of anilines is 2. The second-order valence-electron chi connectivity index (χ2n) is 13.9. The van der Waals surface area contributed by atoms with Gasteiger partial charge in [-0.2, -0.15) is 0 Å². The van der Waals surface area contributed by atoms with Crippen LogP contribution in [0.3, 0.4) is 0 Å². The Morgan fingerprint density at radius 2 is 1.68 bits per heavy atom. The molecule has 6 heterocycles. The van der Waals surface area contributed by atoms with Crippen LogP contribution in [0.4, 0.5) is 15.8 Å². The molecule has 0 spiro atoms. The monoisotopic (exact) mass is 724 g/mol. The number of halogens is 3. The number of carboxylic acid groups (broad SMARTS) is 1. The lowest BCUT2D eigenvalue weighted by molar-refractivity contribution is 0.0516. The van der Waals surface area contributed by atoms with Crippen LogP contribution >= 0.6 is 23.2 Å². The first kappa shape index (κ1) is 33.5. The lowest BCUT2D eigenvalue weighted by Crippen LogP contribution is -2.63. The van der Waals surface area contributed by atoms with E-state index in [1.807, 2.05) is 18.2 Å². The third kappa shape index (κ3) is 5.86. The summed E-state index contributed by atoms with van der Waals surface area (Å²) in [5.74, 6) is -1.77. The Labute approximate surface area is 300 Å². The molecule has 0 aliphatic carbocycles. The van der Waals surface area contributed by atoms with Crippen molar-refractivity contribution in [1.29, 1.82) is 0 Å². The third-order valence-corrected chi connectivity index (χ3v) is 11.6. The number of piperazine rings is 1. The molecule has 3 unspecified atom stereocenters. The smallest absolute Gasteiger partial charge is 0.337 e. The normalized spacial score (nSPS) is 24.4. The fourth-order valence-corrected chi connectivity index (χ4v) is 9.23. The van der Waals surface area contributed by atoms with Gasteiger partial charge in [-0.25, -0.2) is 9.18 Å². The van der Waals surface area contributed by atoms with E-state index in [2.05, 4.69) is 14.7 Å². The number of piperidine rings is 2. The molecule has 3 aromatic rings. The van der Waals surface area contributed by atoms with Crippen molar-refractivity contribution < 1.29 is 33.3 Å². The number of benzene rings is 3. The SMILES string of the molecule is COCCN1CC2CC[C@H]1CN2c1cc(Cl)c(C(=O)N2COc3c(cccc3-c3cc(N4C5CCC4COC5)c(C(=O)O)cc3F)C2)c(Cl)c1. The van der Waals surface area contributed by atoms with Crippen LogP contribution in [0.2, 0.25) is 10.0 Å². The van der Waals surface area contributed by atoms with Gasteiger partial charge in [0.2, 0.25) is 0 Å². The number of amides is 1. The van der Waals surface area contributed by atoms with Crippen LogP contribution in [-0.4, -0.2) is 104 Å². The zero-order valence-corrected chi connectivity index (χ0v) is 29.3. The maximum absolute atomic E-state index is 15.8. The highest BCUT2D eigenvalue weighted by Crippen LogP contribution is 2.44. The molecule has 6 aliphatic heterocycles. The summed E-state index contributed by atoms with van der Waals surface area (Å²) >= 11 is 13.6. The van der Waals surface area contributed by atoms with Gasteiger partial charge in [0.15, 0.2) is 6.73 Å². The molecule has 0 aromatic heterocycles. The van der Waals surface area contributed by atoms with Crippen molar-refractivity contribution in [3.63, 3.8) is 0 Å². The number of hydrogen-bond donors (Lipinski definition) is 1. The van der Waals surface area contributed by atoms with Gasteiger partial charge >= 0.3 is 5.97 Å². The molecular weight excluding hydrogens is 686 g/mol. The number of hydrogen-bond acceptors (Lipinski definition) is 8. The van der Waals surface area contributed by atoms with Gasteiger partial charge < -0.3 is 34.0 Å². The van der Waals surface area contributed by atoms with Gasteiger partial charge in [-0.3, -0.25) is 9.69 Å². The lowest BCUT2D eigenvalue weighted by Gasteiger charge is -2.52. The number of ether oxygens (including phenoxy) is 3. The summed E-state index contributed by atoms with van der Waals surface area (Å²) in [6, 6.07) is 12.6. The van der Waals surface area contributed by atoms with Crippen LogP contribution in [0.1, 0.15) is 52.0 Å². The largest absolute Gasteiger partial charge is 0.478 e. The first-order chi connectivity index (χ1) is 24.2. The molecule has 4 atom stereocenters. The molecule has 264 valence electrons. The van der Waals surface area contributed by atoms with Crippen molar-refractivity contribution in [3.05, 3.63) is 75.0 Å². The zero-order chi connectivity index (χ0) is 34.7. The number of para-hydroxylation sites is 1. The number of carboxylic acids is 1. The minimum absolute atomic E-state index is 0.0322. The molecule has 9 rings (SSSR count). The molecule has 50 heavy (non-hydrogen) atoms. The number of methoxy groups -OCH3 is 1. The quantitative estimate of drug-likeness (QED) is 0.293. The number of aromatic carboxylic acids is 1. The summed E-state index contributed by atoms with van der Waals surface area (Å²) in [6.45, 7) is 4.52. The Morgan fingerprint density at radius 3 is 2.36 bits per heavy atom. The fraction of sp³-hybridized carbons (Fsp3) is 0.459. The second kappa shape index (κ2) is 13.5. The molecule has 1 amide bonds. The number of fused-ring (bicyclic) bond motifs is 6. The number of carbonyl (C=O) groups is 2. The predicted molar refractivity (Wildman–Crippen MR) is 188 cm³/mol. The summed E-state index contributed by atoms with van der Waals surface area (Å²) in [7, 11) is 1.73. The van der Waals surface area contributed by atoms with Crippen LogP contribution in [0.15, 0.2) is 42.5 Å². The Kier molecular flexibility index (Phi) is 9.05. The minimum atomic E-state index is -1.19. The molecule has 1 N–H and O–H groups in total. The van der Waals surface area contributed by atoms with Crippen molar-refractivity contribution >= 4 is 46.5 Å². The van der Waals surface area contributed by atoms with Gasteiger partial charge in [-0.1, -0.05) is 41.4 Å². The molecule has 6 aliphatic rings. The summed E-state index contributed by atoms with van der Waals surface area (Å²) in [5.41, 5.74) is 2.92. The molecule has 4 bridgehead atoms. The van der Waals surface area contributed by atoms with Crippen molar-refractivity contribution in [1.82, 2.24) is 9.80 Å². The number of rotatable bonds is 8.